The van der Waals surface area contributed by atoms with E-state index in [2.05, 4.69) is 4.74 Å². The van der Waals surface area contributed by atoms with Gasteiger partial charge in [-0.2, -0.15) is 0 Å². The van der Waals surface area contributed by atoms with Crippen molar-refractivity contribution in [1.29, 1.82) is 0 Å². The molecule has 1 aliphatic rings. The monoisotopic (exact) mass is 305 g/mol. The summed E-state index contributed by atoms with van der Waals surface area (Å²) in [5.74, 6) is -1.08. The number of nitrogens with zero attached hydrogens (tertiary/aromatic N) is 1. The van der Waals surface area contributed by atoms with Gasteiger partial charge in [-0.25, -0.2) is 4.79 Å². The highest BCUT2D eigenvalue weighted by Gasteiger charge is 2.41. The Bertz CT molecular complexity index is 638. The molecule has 0 aliphatic carbocycles. The predicted octanol–water partition coefficient (Wildman–Crippen LogP) is 2.59. The van der Waals surface area contributed by atoms with Gasteiger partial charge in [0.25, 0.3) is 11.1 Å². The average Bonchev–Trinajstić information content (AvgIpc) is 2.72. The normalized spacial score (nSPS) is 18.2. The third kappa shape index (κ3) is 3.16. The molecule has 5 nitrogen and oxygen atoms in total. The molecule has 1 aliphatic heterocycles. The minimum atomic E-state index is -0.925. The number of ether oxygens (including phenoxy) is 1. The number of carbonyl (C=O) groups excluding carboxylic acids is 3. The zero-order valence-electron chi connectivity index (χ0n) is 12.0. The Morgan fingerprint density at radius 2 is 2.10 bits per heavy atom. The fraction of sp³-hybridized carbons (Fsp3) is 0.267. The summed E-state index contributed by atoms with van der Waals surface area (Å²) in [4.78, 5) is 36.9. The molecule has 6 heteroatoms. The summed E-state index contributed by atoms with van der Waals surface area (Å²) in [6.07, 6.45) is 1.65. The largest absolute Gasteiger partial charge is 0.467 e. The number of rotatable bonds is 3. The molecule has 2 rings (SSSR count). The zero-order chi connectivity index (χ0) is 15.6. The standard InChI is InChI=1S/C15H15NO4S/c1-9-5-4-6-11(7-9)8-12-13(17)16(15(19)21-12)10(2)14(18)20-3/h4-8,10H,1-3H3/b12-8-/t10-/m0/s1. The van der Waals surface area contributed by atoms with E-state index in [4.69, 9.17) is 0 Å². The number of benzene rings is 1. The molecule has 21 heavy (non-hydrogen) atoms. The second kappa shape index (κ2) is 6.13. The fourth-order valence-electron chi connectivity index (χ4n) is 2.00. The van der Waals surface area contributed by atoms with Crippen molar-refractivity contribution in [3.8, 4) is 0 Å². The van der Waals surface area contributed by atoms with Crippen LogP contribution in [-0.4, -0.2) is 35.2 Å². The SMILES string of the molecule is COC(=O)[C@H](C)N1C(=O)S/C(=C\c2cccc(C)c2)C1=O. The van der Waals surface area contributed by atoms with Crippen molar-refractivity contribution in [3.63, 3.8) is 0 Å². The van der Waals surface area contributed by atoms with Gasteiger partial charge in [0, 0.05) is 0 Å². The molecule has 0 spiro atoms. The van der Waals surface area contributed by atoms with Crippen molar-refractivity contribution >= 4 is 35.0 Å². The third-order valence-corrected chi connectivity index (χ3v) is 3.98. The first kappa shape index (κ1) is 15.3. The van der Waals surface area contributed by atoms with Crippen molar-refractivity contribution < 1.29 is 19.1 Å². The van der Waals surface area contributed by atoms with Crippen LogP contribution in [-0.2, 0) is 14.3 Å². The summed E-state index contributed by atoms with van der Waals surface area (Å²) in [7, 11) is 1.22. The number of amides is 2. The first-order valence-electron chi connectivity index (χ1n) is 6.35. The lowest BCUT2D eigenvalue weighted by Crippen LogP contribution is -2.42. The van der Waals surface area contributed by atoms with Crippen molar-refractivity contribution in [2.24, 2.45) is 0 Å². The van der Waals surface area contributed by atoms with Crippen LogP contribution in [0.25, 0.3) is 6.08 Å². The number of methoxy groups -OCH3 is 1. The van der Waals surface area contributed by atoms with Crippen molar-refractivity contribution in [2.45, 2.75) is 19.9 Å². The number of aryl methyl sites for hydroxylation is 1. The van der Waals surface area contributed by atoms with Crippen molar-refractivity contribution in [2.75, 3.05) is 7.11 Å². The molecule has 1 heterocycles. The van der Waals surface area contributed by atoms with E-state index in [9.17, 15) is 14.4 Å². The maximum atomic E-state index is 12.3. The summed E-state index contributed by atoms with van der Waals surface area (Å²) in [6, 6.07) is 6.67. The third-order valence-electron chi connectivity index (χ3n) is 3.09. The Morgan fingerprint density at radius 3 is 2.71 bits per heavy atom. The van der Waals surface area contributed by atoms with Crippen LogP contribution >= 0.6 is 11.8 Å². The van der Waals surface area contributed by atoms with Gasteiger partial charge >= 0.3 is 5.97 Å². The Labute approximate surface area is 127 Å². The van der Waals surface area contributed by atoms with Crippen LogP contribution in [0.4, 0.5) is 4.79 Å². The lowest BCUT2D eigenvalue weighted by molar-refractivity contribution is -0.148. The van der Waals surface area contributed by atoms with E-state index in [1.54, 1.807) is 6.08 Å². The minimum absolute atomic E-state index is 0.307. The average molecular weight is 305 g/mol. The maximum Gasteiger partial charge on any atom is 0.328 e. The first-order valence-corrected chi connectivity index (χ1v) is 7.17. The predicted molar refractivity (Wildman–Crippen MR) is 80.5 cm³/mol. The molecular weight excluding hydrogens is 290 g/mol. The van der Waals surface area contributed by atoms with Crippen LogP contribution in [0.1, 0.15) is 18.1 Å². The van der Waals surface area contributed by atoms with Gasteiger partial charge in [0.2, 0.25) is 0 Å². The molecule has 110 valence electrons. The quantitative estimate of drug-likeness (QED) is 0.634. The number of imide groups is 1. The summed E-state index contributed by atoms with van der Waals surface area (Å²) >= 11 is 0.829. The van der Waals surface area contributed by atoms with Gasteiger partial charge in [-0.3, -0.25) is 14.5 Å². The topological polar surface area (TPSA) is 63.7 Å². The van der Waals surface area contributed by atoms with E-state index in [1.807, 2.05) is 31.2 Å². The van der Waals surface area contributed by atoms with E-state index < -0.39 is 23.2 Å². The molecule has 0 radical (unpaired) electrons. The van der Waals surface area contributed by atoms with Crippen LogP contribution in [0.5, 0.6) is 0 Å². The highest BCUT2D eigenvalue weighted by molar-refractivity contribution is 8.18. The summed E-state index contributed by atoms with van der Waals surface area (Å²) in [5.41, 5.74) is 1.90. The van der Waals surface area contributed by atoms with Crippen LogP contribution in [0.3, 0.4) is 0 Å². The number of carbonyl (C=O) groups is 3. The molecular formula is C15H15NO4S. The lowest BCUT2D eigenvalue weighted by atomic mass is 10.1. The van der Waals surface area contributed by atoms with Gasteiger partial charge in [0.05, 0.1) is 12.0 Å². The Hall–Kier alpha value is -2.08. The molecule has 0 N–H and O–H groups in total. The molecule has 1 fully saturated rings. The maximum absolute atomic E-state index is 12.3. The van der Waals surface area contributed by atoms with Gasteiger partial charge < -0.3 is 4.74 Å². The van der Waals surface area contributed by atoms with Gasteiger partial charge in [-0.15, -0.1) is 0 Å². The number of hydrogen-bond donors (Lipinski definition) is 0. The Kier molecular flexibility index (Phi) is 4.47. The molecule has 1 aromatic carbocycles. The van der Waals surface area contributed by atoms with Gasteiger partial charge in [-0.1, -0.05) is 29.8 Å². The molecule has 1 atom stereocenters. The smallest absolute Gasteiger partial charge is 0.328 e. The van der Waals surface area contributed by atoms with E-state index in [1.165, 1.54) is 14.0 Å². The minimum Gasteiger partial charge on any atom is -0.467 e. The van der Waals surface area contributed by atoms with E-state index >= 15 is 0 Å². The molecule has 2 amide bonds. The molecule has 0 bridgehead atoms. The van der Waals surface area contributed by atoms with Gasteiger partial charge in [0.1, 0.15) is 6.04 Å². The zero-order valence-corrected chi connectivity index (χ0v) is 12.8. The molecule has 1 saturated heterocycles. The van der Waals surface area contributed by atoms with Crippen molar-refractivity contribution in [1.82, 2.24) is 4.90 Å². The van der Waals surface area contributed by atoms with Crippen LogP contribution < -0.4 is 0 Å². The molecule has 1 aromatic rings. The molecule has 0 unspecified atom stereocenters. The van der Waals surface area contributed by atoms with Gasteiger partial charge in [-0.05, 0) is 37.2 Å². The van der Waals surface area contributed by atoms with Crippen LogP contribution in [0.2, 0.25) is 0 Å². The Balaban J connectivity index is 2.28. The van der Waals surface area contributed by atoms with Crippen LogP contribution in [0, 0.1) is 6.92 Å². The first-order chi connectivity index (χ1) is 9.93. The number of hydrogen-bond acceptors (Lipinski definition) is 5. The van der Waals surface area contributed by atoms with E-state index in [-0.39, 0.29) is 0 Å². The highest BCUT2D eigenvalue weighted by Crippen LogP contribution is 2.33. The summed E-state index contributed by atoms with van der Waals surface area (Å²) in [5, 5.41) is -0.461. The summed E-state index contributed by atoms with van der Waals surface area (Å²) in [6.45, 7) is 3.42. The second-order valence-electron chi connectivity index (χ2n) is 4.66. The van der Waals surface area contributed by atoms with Crippen LogP contribution in [0.15, 0.2) is 29.2 Å². The summed E-state index contributed by atoms with van der Waals surface area (Å²) < 4.78 is 4.58. The van der Waals surface area contributed by atoms with Crippen molar-refractivity contribution in [3.05, 3.63) is 40.3 Å². The molecule has 0 aromatic heterocycles. The number of esters is 1. The highest BCUT2D eigenvalue weighted by atomic mass is 32.2. The fourth-order valence-corrected chi connectivity index (χ4v) is 2.91. The van der Waals surface area contributed by atoms with Gasteiger partial charge in [0.15, 0.2) is 0 Å². The second-order valence-corrected chi connectivity index (χ2v) is 5.66. The number of thioether (sulfide) groups is 1. The molecule has 0 saturated carbocycles. The lowest BCUT2D eigenvalue weighted by Gasteiger charge is -2.18. The Morgan fingerprint density at radius 1 is 1.38 bits per heavy atom. The van der Waals surface area contributed by atoms with E-state index in [0.29, 0.717) is 4.91 Å². The van der Waals surface area contributed by atoms with E-state index in [0.717, 1.165) is 27.8 Å².